The standard InChI is InChI=1S/C42H28O2/c43-41-34-15-5-7-20-37(34)42(44,38-21-8-6-16-35(38)41)39-22-10-19-33-36(39)25-27-12-2-4-14-29(27)40(33)32-18-9-17-30-28-13-3-1-11-26(28)23-24-31(30)32/h1-25,41,43-44H. The molecule has 2 N–H and O–H groups in total. The minimum Gasteiger partial charge on any atom is -0.384 e. The monoisotopic (exact) mass is 564 g/mol. The van der Waals surface area contributed by atoms with Crippen LogP contribution in [0.2, 0.25) is 0 Å². The number of rotatable bonds is 2. The molecule has 0 radical (unpaired) electrons. The van der Waals surface area contributed by atoms with Crippen molar-refractivity contribution in [2.24, 2.45) is 0 Å². The zero-order valence-electron chi connectivity index (χ0n) is 23.9. The van der Waals surface area contributed by atoms with Gasteiger partial charge >= 0.3 is 0 Å². The van der Waals surface area contributed by atoms with Gasteiger partial charge in [-0.3, -0.25) is 0 Å². The average Bonchev–Trinajstić information content (AvgIpc) is 3.09. The van der Waals surface area contributed by atoms with Gasteiger partial charge in [0.15, 0.2) is 0 Å². The molecule has 2 heteroatoms. The van der Waals surface area contributed by atoms with Crippen LogP contribution in [0.4, 0.5) is 0 Å². The molecule has 0 spiro atoms. The van der Waals surface area contributed by atoms with Crippen LogP contribution < -0.4 is 0 Å². The molecule has 8 aromatic carbocycles. The molecule has 44 heavy (non-hydrogen) atoms. The fourth-order valence-corrected chi connectivity index (χ4v) is 7.69. The third-order valence-electron chi connectivity index (χ3n) is 9.64. The van der Waals surface area contributed by atoms with Crippen LogP contribution >= 0.6 is 0 Å². The van der Waals surface area contributed by atoms with E-state index < -0.39 is 11.7 Å². The lowest BCUT2D eigenvalue weighted by Gasteiger charge is -2.39. The topological polar surface area (TPSA) is 40.5 Å². The van der Waals surface area contributed by atoms with Gasteiger partial charge in [-0.1, -0.05) is 146 Å². The summed E-state index contributed by atoms with van der Waals surface area (Å²) in [4.78, 5) is 0. The molecule has 1 aliphatic rings. The van der Waals surface area contributed by atoms with Crippen molar-refractivity contribution >= 4 is 43.1 Å². The van der Waals surface area contributed by atoms with Crippen LogP contribution in [-0.2, 0) is 5.60 Å². The Labute approximate surface area is 255 Å². The molecule has 0 unspecified atom stereocenters. The van der Waals surface area contributed by atoms with Crippen molar-refractivity contribution in [3.05, 3.63) is 179 Å². The molecule has 0 aliphatic heterocycles. The highest BCUT2D eigenvalue weighted by molar-refractivity contribution is 6.20. The lowest BCUT2D eigenvalue weighted by atomic mass is 9.69. The van der Waals surface area contributed by atoms with Crippen molar-refractivity contribution in [1.82, 2.24) is 0 Å². The maximum absolute atomic E-state index is 13.1. The van der Waals surface area contributed by atoms with Crippen LogP contribution in [0.15, 0.2) is 152 Å². The Balaban J connectivity index is 1.42. The molecule has 8 aromatic rings. The van der Waals surface area contributed by atoms with E-state index in [0.29, 0.717) is 11.1 Å². The summed E-state index contributed by atoms with van der Waals surface area (Å²) in [6.07, 6.45) is -0.806. The Kier molecular flexibility index (Phi) is 5.37. The Morgan fingerprint density at radius 2 is 0.977 bits per heavy atom. The number of benzene rings is 8. The fourth-order valence-electron chi connectivity index (χ4n) is 7.69. The van der Waals surface area contributed by atoms with Crippen LogP contribution in [-0.4, -0.2) is 10.2 Å². The molecule has 208 valence electrons. The molecule has 9 rings (SSSR count). The van der Waals surface area contributed by atoms with Gasteiger partial charge in [-0.05, 0) is 82.5 Å². The molecule has 2 nitrogen and oxygen atoms in total. The number of fused-ring (bicyclic) bond motifs is 7. The van der Waals surface area contributed by atoms with Gasteiger partial charge in [-0.25, -0.2) is 0 Å². The average molecular weight is 565 g/mol. The highest BCUT2D eigenvalue weighted by atomic mass is 16.3. The van der Waals surface area contributed by atoms with Crippen molar-refractivity contribution in [1.29, 1.82) is 0 Å². The minimum absolute atomic E-state index is 0.713. The predicted octanol–water partition coefficient (Wildman–Crippen LogP) is 9.65. The summed E-state index contributed by atoms with van der Waals surface area (Å²) in [5.41, 5.74) is 4.55. The summed E-state index contributed by atoms with van der Waals surface area (Å²) in [5, 5.41) is 33.7. The van der Waals surface area contributed by atoms with Gasteiger partial charge in [0, 0.05) is 5.56 Å². The van der Waals surface area contributed by atoms with Gasteiger partial charge < -0.3 is 10.2 Å². The molecule has 0 atom stereocenters. The van der Waals surface area contributed by atoms with E-state index in [1.54, 1.807) is 0 Å². The van der Waals surface area contributed by atoms with Gasteiger partial charge in [0.2, 0.25) is 0 Å². The summed E-state index contributed by atoms with van der Waals surface area (Å²) in [6, 6.07) is 52.1. The van der Waals surface area contributed by atoms with E-state index in [9.17, 15) is 10.2 Å². The van der Waals surface area contributed by atoms with Gasteiger partial charge in [0.05, 0.1) is 0 Å². The third kappa shape index (κ3) is 3.38. The Morgan fingerprint density at radius 1 is 0.409 bits per heavy atom. The summed E-state index contributed by atoms with van der Waals surface area (Å²) in [6.45, 7) is 0. The summed E-state index contributed by atoms with van der Waals surface area (Å²) in [7, 11) is 0. The summed E-state index contributed by atoms with van der Waals surface area (Å²) in [5.74, 6) is 0. The lowest BCUT2D eigenvalue weighted by Crippen LogP contribution is -2.36. The first-order valence-corrected chi connectivity index (χ1v) is 15.1. The highest BCUT2D eigenvalue weighted by Gasteiger charge is 2.44. The molecule has 1 aliphatic carbocycles. The van der Waals surface area contributed by atoms with Crippen LogP contribution in [0.3, 0.4) is 0 Å². The first-order valence-electron chi connectivity index (χ1n) is 15.1. The molecule has 0 saturated carbocycles. The van der Waals surface area contributed by atoms with E-state index in [4.69, 9.17) is 0 Å². The number of aliphatic hydroxyl groups excluding tert-OH is 1. The molecule has 0 fully saturated rings. The van der Waals surface area contributed by atoms with Crippen molar-refractivity contribution < 1.29 is 10.2 Å². The van der Waals surface area contributed by atoms with E-state index in [-0.39, 0.29) is 0 Å². The number of aliphatic hydroxyl groups is 2. The minimum atomic E-state index is -1.46. The van der Waals surface area contributed by atoms with Gasteiger partial charge in [0.1, 0.15) is 11.7 Å². The number of hydrogen-bond donors (Lipinski definition) is 2. The van der Waals surface area contributed by atoms with Crippen LogP contribution in [0.1, 0.15) is 33.9 Å². The van der Waals surface area contributed by atoms with Gasteiger partial charge in [0.25, 0.3) is 0 Å². The van der Waals surface area contributed by atoms with Crippen molar-refractivity contribution in [3.8, 4) is 11.1 Å². The van der Waals surface area contributed by atoms with Crippen LogP contribution in [0.5, 0.6) is 0 Å². The zero-order valence-corrected chi connectivity index (χ0v) is 23.9. The first-order chi connectivity index (χ1) is 21.6. The molecule has 0 bridgehead atoms. The van der Waals surface area contributed by atoms with Gasteiger partial charge in [-0.15, -0.1) is 0 Å². The zero-order chi connectivity index (χ0) is 29.4. The first kappa shape index (κ1) is 25.2. The Bertz CT molecular complexity index is 2390. The van der Waals surface area contributed by atoms with Gasteiger partial charge in [-0.2, -0.15) is 0 Å². The Hall–Kier alpha value is -5.28. The van der Waals surface area contributed by atoms with E-state index >= 15 is 0 Å². The fraction of sp³-hybridized carbons (Fsp3) is 0.0476. The second-order valence-corrected chi connectivity index (χ2v) is 11.8. The van der Waals surface area contributed by atoms with Crippen LogP contribution in [0.25, 0.3) is 54.2 Å². The molecular weight excluding hydrogens is 536 g/mol. The molecular formula is C42H28O2. The quantitative estimate of drug-likeness (QED) is 0.162. The molecule has 0 amide bonds. The maximum atomic E-state index is 13.1. The summed E-state index contributed by atoms with van der Waals surface area (Å²) >= 11 is 0. The van der Waals surface area contributed by atoms with Crippen LogP contribution in [0, 0.1) is 0 Å². The van der Waals surface area contributed by atoms with E-state index in [2.05, 4.69) is 97.1 Å². The van der Waals surface area contributed by atoms with Crippen molar-refractivity contribution in [3.63, 3.8) is 0 Å². The normalized spacial score (nSPS) is 17.6. The van der Waals surface area contributed by atoms with Crippen molar-refractivity contribution in [2.75, 3.05) is 0 Å². The van der Waals surface area contributed by atoms with E-state index in [1.807, 2.05) is 54.6 Å². The second-order valence-electron chi connectivity index (χ2n) is 11.8. The second kappa shape index (κ2) is 9.36. The smallest absolute Gasteiger partial charge is 0.141 e. The SMILES string of the molecule is OC1c2ccccc2C(O)(c2cccc3c(-c4cccc5c4ccc4ccccc45)c4ccccc4cc23)c2ccccc21. The molecule has 0 aromatic heterocycles. The highest BCUT2D eigenvalue weighted by Crippen LogP contribution is 2.51. The largest absolute Gasteiger partial charge is 0.384 e. The lowest BCUT2D eigenvalue weighted by molar-refractivity contribution is 0.106. The maximum Gasteiger partial charge on any atom is 0.141 e. The van der Waals surface area contributed by atoms with Crippen molar-refractivity contribution in [2.45, 2.75) is 11.7 Å². The summed E-state index contributed by atoms with van der Waals surface area (Å²) < 4.78 is 0. The Morgan fingerprint density at radius 3 is 1.75 bits per heavy atom. The molecule has 0 saturated heterocycles. The predicted molar refractivity (Wildman–Crippen MR) is 181 cm³/mol. The number of hydrogen-bond acceptors (Lipinski definition) is 2. The third-order valence-corrected chi connectivity index (χ3v) is 9.64. The molecule has 0 heterocycles. The van der Waals surface area contributed by atoms with E-state index in [1.165, 1.54) is 32.5 Å². The van der Waals surface area contributed by atoms with E-state index in [0.717, 1.165) is 38.4 Å².